The molecule has 1 atom stereocenters. The van der Waals surface area contributed by atoms with Crippen LogP contribution in [-0.4, -0.2) is 64.3 Å². The Kier molecular flexibility index (Phi) is 8.62. The standard InChI is InChI=1S/C15H32N4O/c1-5-20-11-7-6-10-17-15(16-2)18-12-14(19(3)4)13-8-9-13/h13-14H,5-12H2,1-4H3,(H2,16,17,18). The first-order chi connectivity index (χ1) is 9.69. The molecule has 1 fully saturated rings. The number of nitrogens with zero attached hydrogens (tertiary/aromatic N) is 2. The average molecular weight is 284 g/mol. The molecule has 0 bridgehead atoms. The van der Waals surface area contributed by atoms with Gasteiger partial charge in [-0.1, -0.05) is 0 Å². The number of hydrogen-bond donors (Lipinski definition) is 2. The Hall–Kier alpha value is -0.810. The second kappa shape index (κ2) is 10.00. The number of aliphatic imine (C=N–C) groups is 1. The van der Waals surface area contributed by atoms with E-state index in [4.69, 9.17) is 4.74 Å². The largest absolute Gasteiger partial charge is 0.382 e. The minimum atomic E-state index is 0.617. The summed E-state index contributed by atoms with van der Waals surface area (Å²) in [6.45, 7) is 5.61. The summed E-state index contributed by atoms with van der Waals surface area (Å²) in [5.74, 6) is 1.77. The van der Waals surface area contributed by atoms with Crippen molar-refractivity contribution in [2.24, 2.45) is 10.9 Å². The SMILES string of the molecule is CCOCCCCNC(=NC)NCC(C1CC1)N(C)C. The van der Waals surface area contributed by atoms with Crippen LogP contribution in [0, 0.1) is 5.92 Å². The summed E-state index contributed by atoms with van der Waals surface area (Å²) in [6.07, 6.45) is 4.95. The molecule has 0 spiro atoms. The van der Waals surface area contributed by atoms with E-state index in [9.17, 15) is 0 Å². The molecule has 2 N–H and O–H groups in total. The van der Waals surface area contributed by atoms with Gasteiger partial charge in [0.2, 0.25) is 0 Å². The Morgan fingerprint density at radius 1 is 1.30 bits per heavy atom. The summed E-state index contributed by atoms with van der Waals surface area (Å²) in [5, 5.41) is 6.80. The molecule has 20 heavy (non-hydrogen) atoms. The minimum Gasteiger partial charge on any atom is -0.382 e. The van der Waals surface area contributed by atoms with Gasteiger partial charge in [-0.25, -0.2) is 0 Å². The predicted octanol–water partition coefficient (Wildman–Crippen LogP) is 1.31. The zero-order valence-electron chi connectivity index (χ0n) is 13.6. The maximum atomic E-state index is 5.33. The van der Waals surface area contributed by atoms with E-state index in [2.05, 4.69) is 34.6 Å². The molecular weight excluding hydrogens is 252 g/mol. The molecule has 0 aromatic heterocycles. The maximum absolute atomic E-state index is 5.33. The monoisotopic (exact) mass is 284 g/mol. The Morgan fingerprint density at radius 2 is 2.05 bits per heavy atom. The Balaban J connectivity index is 2.12. The van der Waals surface area contributed by atoms with Crippen molar-refractivity contribution < 1.29 is 4.74 Å². The average Bonchev–Trinajstić information content (AvgIpc) is 3.24. The molecule has 0 radical (unpaired) electrons. The van der Waals surface area contributed by atoms with E-state index in [-0.39, 0.29) is 0 Å². The van der Waals surface area contributed by atoms with Crippen LogP contribution in [0.1, 0.15) is 32.6 Å². The molecule has 0 aliphatic heterocycles. The summed E-state index contributed by atoms with van der Waals surface area (Å²) in [6, 6.07) is 0.617. The summed E-state index contributed by atoms with van der Waals surface area (Å²) in [5.41, 5.74) is 0. The molecule has 0 aromatic carbocycles. The van der Waals surface area contributed by atoms with E-state index in [0.29, 0.717) is 6.04 Å². The van der Waals surface area contributed by atoms with Gasteiger partial charge in [-0.05, 0) is 52.6 Å². The molecule has 0 heterocycles. The summed E-state index contributed by atoms with van der Waals surface area (Å²) in [7, 11) is 6.15. The number of guanidine groups is 1. The Bertz CT molecular complexity index is 275. The molecular formula is C15H32N4O. The highest BCUT2D eigenvalue weighted by Gasteiger charge is 2.32. The van der Waals surface area contributed by atoms with E-state index >= 15 is 0 Å². The maximum Gasteiger partial charge on any atom is 0.191 e. The Morgan fingerprint density at radius 3 is 2.60 bits per heavy atom. The quantitative estimate of drug-likeness (QED) is 0.361. The van der Waals surface area contributed by atoms with Gasteiger partial charge in [-0.15, -0.1) is 0 Å². The summed E-state index contributed by atoms with van der Waals surface area (Å²) >= 11 is 0. The molecule has 5 nitrogen and oxygen atoms in total. The number of likely N-dealkylation sites (N-methyl/N-ethyl adjacent to an activating group) is 1. The lowest BCUT2D eigenvalue weighted by Crippen LogP contribution is -2.46. The fourth-order valence-electron chi connectivity index (χ4n) is 2.35. The van der Waals surface area contributed by atoms with Crippen molar-refractivity contribution in [2.45, 2.75) is 38.6 Å². The van der Waals surface area contributed by atoms with Crippen LogP contribution < -0.4 is 10.6 Å². The Labute approximate surface area is 124 Å². The molecule has 1 aliphatic carbocycles. The first kappa shape index (κ1) is 17.2. The van der Waals surface area contributed by atoms with Gasteiger partial charge in [0.15, 0.2) is 5.96 Å². The smallest absolute Gasteiger partial charge is 0.191 e. The van der Waals surface area contributed by atoms with Crippen molar-refractivity contribution in [3.8, 4) is 0 Å². The molecule has 0 saturated heterocycles. The van der Waals surface area contributed by atoms with Gasteiger partial charge in [0, 0.05) is 39.4 Å². The number of hydrogen-bond acceptors (Lipinski definition) is 3. The van der Waals surface area contributed by atoms with Gasteiger partial charge in [0.1, 0.15) is 0 Å². The number of nitrogens with one attached hydrogen (secondary N) is 2. The third-order valence-corrected chi connectivity index (χ3v) is 3.74. The van der Waals surface area contributed by atoms with Gasteiger partial charge in [-0.2, -0.15) is 0 Å². The third kappa shape index (κ3) is 7.10. The van der Waals surface area contributed by atoms with Crippen LogP contribution in [0.2, 0.25) is 0 Å². The third-order valence-electron chi connectivity index (χ3n) is 3.74. The molecule has 5 heteroatoms. The van der Waals surface area contributed by atoms with Crippen molar-refractivity contribution in [3.63, 3.8) is 0 Å². The van der Waals surface area contributed by atoms with Crippen molar-refractivity contribution in [1.29, 1.82) is 0 Å². The molecule has 118 valence electrons. The minimum absolute atomic E-state index is 0.617. The van der Waals surface area contributed by atoms with Crippen LogP contribution in [0.4, 0.5) is 0 Å². The fraction of sp³-hybridized carbons (Fsp3) is 0.933. The van der Waals surface area contributed by atoms with E-state index in [1.807, 2.05) is 14.0 Å². The highest BCUT2D eigenvalue weighted by molar-refractivity contribution is 5.79. The molecule has 0 amide bonds. The van der Waals surface area contributed by atoms with E-state index in [1.54, 1.807) is 0 Å². The lowest BCUT2D eigenvalue weighted by atomic mass is 10.1. The fourth-order valence-corrected chi connectivity index (χ4v) is 2.35. The molecule has 1 aliphatic rings. The lowest BCUT2D eigenvalue weighted by molar-refractivity contribution is 0.143. The summed E-state index contributed by atoms with van der Waals surface area (Å²) < 4.78 is 5.33. The molecule has 1 saturated carbocycles. The van der Waals surface area contributed by atoms with E-state index in [0.717, 1.165) is 51.0 Å². The van der Waals surface area contributed by atoms with Gasteiger partial charge in [0.05, 0.1) is 0 Å². The summed E-state index contributed by atoms with van der Waals surface area (Å²) in [4.78, 5) is 6.60. The highest BCUT2D eigenvalue weighted by atomic mass is 16.5. The second-order valence-electron chi connectivity index (χ2n) is 5.65. The van der Waals surface area contributed by atoms with Gasteiger partial charge in [-0.3, -0.25) is 4.99 Å². The number of unbranched alkanes of at least 4 members (excludes halogenated alkanes) is 1. The van der Waals surface area contributed by atoms with Crippen LogP contribution in [0.15, 0.2) is 4.99 Å². The van der Waals surface area contributed by atoms with Gasteiger partial charge < -0.3 is 20.3 Å². The highest BCUT2D eigenvalue weighted by Crippen LogP contribution is 2.34. The molecule has 1 unspecified atom stereocenters. The van der Waals surface area contributed by atoms with Crippen LogP contribution >= 0.6 is 0 Å². The number of ether oxygens (including phenoxy) is 1. The first-order valence-electron chi connectivity index (χ1n) is 7.87. The van der Waals surface area contributed by atoms with Crippen LogP contribution in [0.3, 0.4) is 0 Å². The normalized spacial score (nSPS) is 17.4. The van der Waals surface area contributed by atoms with Crippen molar-refractivity contribution in [3.05, 3.63) is 0 Å². The molecule has 1 rings (SSSR count). The van der Waals surface area contributed by atoms with Crippen LogP contribution in [0.5, 0.6) is 0 Å². The van der Waals surface area contributed by atoms with Crippen LogP contribution in [-0.2, 0) is 4.74 Å². The first-order valence-corrected chi connectivity index (χ1v) is 7.87. The number of rotatable bonds is 10. The zero-order valence-corrected chi connectivity index (χ0v) is 13.6. The van der Waals surface area contributed by atoms with Crippen molar-refractivity contribution in [1.82, 2.24) is 15.5 Å². The topological polar surface area (TPSA) is 48.9 Å². The van der Waals surface area contributed by atoms with E-state index in [1.165, 1.54) is 12.8 Å². The van der Waals surface area contributed by atoms with Gasteiger partial charge in [0.25, 0.3) is 0 Å². The van der Waals surface area contributed by atoms with E-state index < -0.39 is 0 Å². The van der Waals surface area contributed by atoms with Crippen molar-refractivity contribution in [2.75, 3.05) is 47.4 Å². The lowest BCUT2D eigenvalue weighted by Gasteiger charge is -2.25. The van der Waals surface area contributed by atoms with Gasteiger partial charge >= 0.3 is 0 Å². The molecule has 0 aromatic rings. The van der Waals surface area contributed by atoms with Crippen LogP contribution in [0.25, 0.3) is 0 Å². The zero-order chi connectivity index (χ0) is 14.8. The predicted molar refractivity (Wildman–Crippen MR) is 85.3 cm³/mol. The van der Waals surface area contributed by atoms with Crippen molar-refractivity contribution >= 4 is 5.96 Å². The second-order valence-corrected chi connectivity index (χ2v) is 5.65.